The van der Waals surface area contributed by atoms with Crippen LogP contribution in [0.5, 0.6) is 11.5 Å². The number of carbonyl (C=O) groups is 1. The summed E-state index contributed by atoms with van der Waals surface area (Å²) < 4.78 is 10.9. The number of nitrogens with zero attached hydrogens (tertiary/aromatic N) is 2. The molecule has 6 nitrogen and oxygen atoms in total. The van der Waals surface area contributed by atoms with E-state index in [-0.39, 0.29) is 18.7 Å². The van der Waals surface area contributed by atoms with Crippen LogP contribution in [0.25, 0.3) is 10.9 Å². The fraction of sp³-hybridized carbons (Fsp3) is 0.259. The van der Waals surface area contributed by atoms with Crippen molar-refractivity contribution in [3.63, 3.8) is 0 Å². The number of rotatable bonds is 4. The van der Waals surface area contributed by atoms with E-state index in [0.717, 1.165) is 46.1 Å². The largest absolute Gasteiger partial charge is 0.454 e. The second-order valence-electron chi connectivity index (χ2n) is 8.69. The Morgan fingerprint density at radius 2 is 1.97 bits per heavy atom. The predicted octanol–water partition coefficient (Wildman–Crippen LogP) is 4.71. The van der Waals surface area contributed by atoms with E-state index in [4.69, 9.17) is 14.5 Å². The molecule has 0 aliphatic carbocycles. The summed E-state index contributed by atoms with van der Waals surface area (Å²) in [4.78, 5) is 23.9. The Kier molecular flexibility index (Phi) is 4.79. The zero-order chi connectivity index (χ0) is 22.4. The summed E-state index contributed by atoms with van der Waals surface area (Å²) in [7, 11) is 0. The first-order valence-electron chi connectivity index (χ1n) is 11.4. The number of hydrogen-bond acceptors (Lipinski definition) is 4. The molecule has 2 aromatic carbocycles. The summed E-state index contributed by atoms with van der Waals surface area (Å²) >= 11 is 0. The minimum absolute atomic E-state index is 0.130. The lowest BCUT2D eigenvalue weighted by Gasteiger charge is -2.36. The topological polar surface area (TPSA) is 67.5 Å². The van der Waals surface area contributed by atoms with Crippen LogP contribution >= 0.6 is 0 Å². The monoisotopic (exact) mass is 439 g/mol. The van der Waals surface area contributed by atoms with Gasteiger partial charge in [-0.2, -0.15) is 0 Å². The molecule has 166 valence electrons. The Balaban J connectivity index is 1.32. The Hall–Kier alpha value is -3.80. The summed E-state index contributed by atoms with van der Waals surface area (Å²) in [6.07, 6.45) is 1.91. The normalized spacial score (nSPS) is 16.8. The molecule has 0 bridgehead atoms. The van der Waals surface area contributed by atoms with Crippen LogP contribution in [0.15, 0.2) is 60.7 Å². The van der Waals surface area contributed by atoms with Gasteiger partial charge in [-0.1, -0.05) is 30.3 Å². The molecule has 0 fully saturated rings. The summed E-state index contributed by atoms with van der Waals surface area (Å²) in [6.45, 7) is 2.92. The van der Waals surface area contributed by atoms with Crippen molar-refractivity contribution in [3.05, 3.63) is 88.9 Å². The third-order valence-electron chi connectivity index (χ3n) is 6.61. The molecule has 1 N–H and O–H groups in total. The van der Waals surface area contributed by atoms with E-state index in [1.54, 1.807) is 0 Å². The maximum absolute atomic E-state index is 13.5. The Labute approximate surface area is 192 Å². The van der Waals surface area contributed by atoms with Crippen LogP contribution in [0.3, 0.4) is 0 Å². The number of H-pyrrole nitrogens is 1. The van der Waals surface area contributed by atoms with Crippen molar-refractivity contribution >= 4 is 16.8 Å². The highest BCUT2D eigenvalue weighted by Gasteiger charge is 2.35. The van der Waals surface area contributed by atoms with Crippen molar-refractivity contribution < 1.29 is 14.3 Å². The lowest BCUT2D eigenvalue weighted by Crippen LogP contribution is -2.41. The second kappa shape index (κ2) is 7.96. The van der Waals surface area contributed by atoms with Gasteiger partial charge in [0.15, 0.2) is 11.5 Å². The van der Waals surface area contributed by atoms with Crippen LogP contribution in [0.4, 0.5) is 0 Å². The van der Waals surface area contributed by atoms with Gasteiger partial charge in [0.1, 0.15) is 6.04 Å². The number of aromatic amines is 1. The number of para-hydroxylation sites is 1. The Bertz CT molecular complexity index is 1360. The first kappa shape index (κ1) is 19.9. The highest BCUT2D eigenvalue weighted by atomic mass is 16.7. The van der Waals surface area contributed by atoms with E-state index in [2.05, 4.69) is 23.2 Å². The van der Waals surface area contributed by atoms with Crippen molar-refractivity contribution in [2.75, 3.05) is 13.3 Å². The summed E-state index contributed by atoms with van der Waals surface area (Å²) in [5.74, 6) is 1.64. The predicted molar refractivity (Wildman–Crippen MR) is 125 cm³/mol. The summed E-state index contributed by atoms with van der Waals surface area (Å²) in [5.41, 5.74) is 6.40. The molecule has 4 heterocycles. The van der Waals surface area contributed by atoms with E-state index in [0.29, 0.717) is 19.4 Å². The van der Waals surface area contributed by atoms with Gasteiger partial charge in [0.25, 0.3) is 0 Å². The average Bonchev–Trinajstić information content (AvgIpc) is 3.45. The van der Waals surface area contributed by atoms with Crippen LogP contribution in [0.2, 0.25) is 0 Å². The van der Waals surface area contributed by atoms with E-state index in [1.165, 1.54) is 10.9 Å². The molecule has 33 heavy (non-hydrogen) atoms. The number of fused-ring (bicyclic) bond motifs is 4. The summed E-state index contributed by atoms with van der Waals surface area (Å²) in [5, 5.41) is 1.23. The highest BCUT2D eigenvalue weighted by molar-refractivity contribution is 5.86. The Morgan fingerprint density at radius 3 is 2.88 bits per heavy atom. The molecule has 1 atom stereocenters. The van der Waals surface area contributed by atoms with Crippen molar-refractivity contribution in [1.29, 1.82) is 0 Å². The van der Waals surface area contributed by atoms with Crippen LogP contribution in [-0.4, -0.2) is 34.1 Å². The number of ether oxygens (including phenoxy) is 2. The number of hydrogen-bond donors (Lipinski definition) is 1. The minimum atomic E-state index is -0.217. The first-order chi connectivity index (χ1) is 16.2. The van der Waals surface area contributed by atoms with Crippen molar-refractivity contribution in [2.45, 2.75) is 32.2 Å². The number of benzene rings is 2. The molecule has 6 rings (SSSR count). The smallest absolute Gasteiger partial charge is 0.231 e. The van der Waals surface area contributed by atoms with Gasteiger partial charge in [-0.05, 0) is 61.2 Å². The molecule has 0 saturated carbocycles. The first-order valence-corrected chi connectivity index (χ1v) is 11.4. The van der Waals surface area contributed by atoms with Crippen molar-refractivity contribution in [1.82, 2.24) is 14.9 Å². The average molecular weight is 440 g/mol. The zero-order valence-corrected chi connectivity index (χ0v) is 18.5. The fourth-order valence-electron chi connectivity index (χ4n) is 5.02. The zero-order valence-electron chi connectivity index (χ0n) is 18.5. The molecule has 1 amide bonds. The second-order valence-corrected chi connectivity index (χ2v) is 8.69. The highest BCUT2D eigenvalue weighted by Crippen LogP contribution is 2.38. The van der Waals surface area contributed by atoms with Crippen LogP contribution in [-0.2, 0) is 17.6 Å². The van der Waals surface area contributed by atoms with Gasteiger partial charge in [-0.25, -0.2) is 0 Å². The molecular formula is C27H25N3O3. The summed E-state index contributed by atoms with van der Waals surface area (Å²) in [6, 6.07) is 20.1. The number of aromatic nitrogens is 2. The van der Waals surface area contributed by atoms with Gasteiger partial charge in [0, 0.05) is 35.3 Å². The number of amides is 1. The lowest BCUT2D eigenvalue weighted by molar-refractivity contribution is -0.133. The van der Waals surface area contributed by atoms with E-state index < -0.39 is 0 Å². The van der Waals surface area contributed by atoms with Gasteiger partial charge < -0.3 is 19.4 Å². The van der Waals surface area contributed by atoms with Crippen LogP contribution < -0.4 is 9.47 Å². The van der Waals surface area contributed by atoms with Gasteiger partial charge in [0.05, 0.1) is 5.69 Å². The number of aryl methyl sites for hydroxylation is 2. The van der Waals surface area contributed by atoms with Crippen molar-refractivity contribution in [3.8, 4) is 11.5 Å². The third kappa shape index (κ3) is 3.52. The lowest BCUT2D eigenvalue weighted by atomic mass is 9.94. The molecule has 6 heteroatoms. The maximum atomic E-state index is 13.5. The minimum Gasteiger partial charge on any atom is -0.454 e. The van der Waals surface area contributed by atoms with Gasteiger partial charge in [-0.3, -0.25) is 9.78 Å². The molecule has 0 saturated heterocycles. The molecular weight excluding hydrogens is 414 g/mol. The van der Waals surface area contributed by atoms with Gasteiger partial charge in [0.2, 0.25) is 12.7 Å². The molecule has 0 radical (unpaired) electrons. The van der Waals surface area contributed by atoms with Gasteiger partial charge in [-0.15, -0.1) is 0 Å². The third-order valence-corrected chi connectivity index (χ3v) is 6.61. The van der Waals surface area contributed by atoms with Crippen molar-refractivity contribution in [2.24, 2.45) is 0 Å². The maximum Gasteiger partial charge on any atom is 0.231 e. The fourth-order valence-corrected chi connectivity index (χ4v) is 5.02. The standard InChI is InChI=1S/C27H25N3O3/c1-17-5-4-8-22(28-17)27-26-20(19-6-2-3-7-21(19)29-26)13-14-30(27)25(31)12-10-18-9-11-23-24(15-18)33-16-32-23/h2-9,11,15,27,29H,10,12-14,16H2,1H3/t27-/m1/s1. The van der Waals surface area contributed by atoms with E-state index in [1.807, 2.05) is 54.3 Å². The molecule has 2 aromatic heterocycles. The van der Waals surface area contributed by atoms with E-state index in [9.17, 15) is 4.79 Å². The molecule has 0 unspecified atom stereocenters. The number of pyridine rings is 1. The Morgan fingerprint density at radius 1 is 1.09 bits per heavy atom. The molecule has 4 aromatic rings. The number of carbonyl (C=O) groups excluding carboxylic acids is 1. The SMILES string of the molecule is Cc1cccc([C@@H]2c3[nH]c4ccccc4c3CCN2C(=O)CCc2ccc3c(c2)OCO3)n1. The quantitative estimate of drug-likeness (QED) is 0.500. The van der Waals surface area contributed by atoms with Crippen LogP contribution in [0, 0.1) is 6.92 Å². The molecule has 2 aliphatic heterocycles. The molecule has 0 spiro atoms. The van der Waals surface area contributed by atoms with E-state index >= 15 is 0 Å². The molecule has 2 aliphatic rings. The van der Waals surface area contributed by atoms with Crippen LogP contribution in [0.1, 0.15) is 40.7 Å². The van der Waals surface area contributed by atoms with Gasteiger partial charge >= 0.3 is 0 Å². The number of nitrogens with one attached hydrogen (secondary N) is 1.